The maximum absolute atomic E-state index is 11.2. The molecule has 0 unspecified atom stereocenters. The normalized spacial score (nSPS) is 9.93. The number of carbonyl (C=O) groups is 1. The maximum Gasteiger partial charge on any atom is 0.225 e. The Labute approximate surface area is 103 Å². The summed E-state index contributed by atoms with van der Waals surface area (Å²) in [5, 5.41) is 3.57. The predicted octanol–water partition coefficient (Wildman–Crippen LogP) is 3.22. The molecular formula is C8H7Br2ClN2O. The van der Waals surface area contributed by atoms with E-state index in [2.05, 4.69) is 42.2 Å². The molecule has 0 aliphatic heterocycles. The summed E-state index contributed by atoms with van der Waals surface area (Å²) in [6, 6.07) is 1.71. The van der Waals surface area contributed by atoms with Gasteiger partial charge in [-0.1, -0.05) is 27.5 Å². The third kappa shape index (κ3) is 3.55. The number of halogens is 3. The monoisotopic (exact) mass is 340 g/mol. The van der Waals surface area contributed by atoms with Gasteiger partial charge in [-0.3, -0.25) is 4.79 Å². The summed E-state index contributed by atoms with van der Waals surface area (Å²) in [4.78, 5) is 15.1. The molecule has 3 nitrogen and oxygen atoms in total. The molecule has 1 aromatic heterocycles. The van der Waals surface area contributed by atoms with Gasteiger partial charge >= 0.3 is 0 Å². The largest absolute Gasteiger partial charge is 0.323 e. The Morgan fingerprint density at radius 3 is 3.00 bits per heavy atom. The minimum atomic E-state index is -0.0938. The SMILES string of the molecule is O=C(CCBr)Nc1cc(Br)cnc1Cl. The topological polar surface area (TPSA) is 42.0 Å². The van der Waals surface area contributed by atoms with Crippen LogP contribution >= 0.6 is 43.5 Å². The van der Waals surface area contributed by atoms with Crippen molar-refractivity contribution in [3.63, 3.8) is 0 Å². The van der Waals surface area contributed by atoms with Crippen molar-refractivity contribution in [3.8, 4) is 0 Å². The van der Waals surface area contributed by atoms with Gasteiger partial charge in [0.2, 0.25) is 5.91 Å². The summed E-state index contributed by atoms with van der Waals surface area (Å²) in [5.74, 6) is -0.0938. The third-order valence-electron chi connectivity index (χ3n) is 1.40. The summed E-state index contributed by atoms with van der Waals surface area (Å²) >= 11 is 12.2. The summed E-state index contributed by atoms with van der Waals surface area (Å²) in [6.45, 7) is 0. The van der Waals surface area contributed by atoms with Gasteiger partial charge in [0.25, 0.3) is 0 Å². The van der Waals surface area contributed by atoms with Crippen LogP contribution in [-0.2, 0) is 4.79 Å². The molecule has 1 N–H and O–H groups in total. The van der Waals surface area contributed by atoms with Crippen molar-refractivity contribution in [2.24, 2.45) is 0 Å². The summed E-state index contributed by atoms with van der Waals surface area (Å²) in [6.07, 6.45) is 1.98. The predicted molar refractivity (Wildman–Crippen MR) is 64.0 cm³/mol. The highest BCUT2D eigenvalue weighted by atomic mass is 79.9. The fourth-order valence-corrected chi connectivity index (χ4v) is 1.65. The van der Waals surface area contributed by atoms with Crippen LogP contribution < -0.4 is 5.32 Å². The number of amides is 1. The molecule has 0 fully saturated rings. The standard InChI is InChI=1S/C8H7Br2ClN2O/c9-2-1-7(14)13-6-3-5(10)4-12-8(6)11/h3-4H,1-2H2,(H,13,14). The van der Waals surface area contributed by atoms with Gasteiger partial charge in [0, 0.05) is 22.4 Å². The lowest BCUT2D eigenvalue weighted by molar-refractivity contribution is -0.115. The Morgan fingerprint density at radius 1 is 1.64 bits per heavy atom. The summed E-state index contributed by atoms with van der Waals surface area (Å²) in [5.41, 5.74) is 0.520. The van der Waals surface area contributed by atoms with Crippen LogP contribution in [0.4, 0.5) is 5.69 Å². The fraction of sp³-hybridized carbons (Fsp3) is 0.250. The van der Waals surface area contributed by atoms with Crippen molar-refractivity contribution < 1.29 is 4.79 Å². The van der Waals surface area contributed by atoms with Crippen molar-refractivity contribution in [3.05, 3.63) is 21.9 Å². The molecular weight excluding hydrogens is 335 g/mol. The molecule has 1 amide bonds. The van der Waals surface area contributed by atoms with Gasteiger partial charge in [0.1, 0.15) is 0 Å². The average molecular weight is 342 g/mol. The number of aromatic nitrogens is 1. The molecule has 1 aromatic rings. The number of carbonyl (C=O) groups excluding carboxylic acids is 1. The zero-order valence-electron chi connectivity index (χ0n) is 7.06. The highest BCUT2D eigenvalue weighted by molar-refractivity contribution is 9.10. The molecule has 6 heteroatoms. The quantitative estimate of drug-likeness (QED) is 0.677. The van der Waals surface area contributed by atoms with Crippen LogP contribution in [0.2, 0.25) is 5.15 Å². The number of rotatable bonds is 3. The zero-order valence-corrected chi connectivity index (χ0v) is 11.0. The molecule has 0 saturated carbocycles. The van der Waals surface area contributed by atoms with Crippen LogP contribution in [0.25, 0.3) is 0 Å². The van der Waals surface area contributed by atoms with E-state index < -0.39 is 0 Å². The van der Waals surface area contributed by atoms with Crippen molar-refractivity contribution in [2.75, 3.05) is 10.6 Å². The van der Waals surface area contributed by atoms with Crippen LogP contribution in [0.15, 0.2) is 16.7 Å². The molecule has 0 spiro atoms. The van der Waals surface area contributed by atoms with E-state index in [-0.39, 0.29) is 11.1 Å². The van der Waals surface area contributed by atoms with E-state index >= 15 is 0 Å². The maximum atomic E-state index is 11.2. The number of nitrogens with zero attached hydrogens (tertiary/aromatic N) is 1. The Bertz CT molecular complexity index is 346. The lowest BCUT2D eigenvalue weighted by atomic mass is 10.4. The second-order valence-electron chi connectivity index (χ2n) is 2.48. The van der Waals surface area contributed by atoms with Gasteiger partial charge in [-0.15, -0.1) is 0 Å². The summed E-state index contributed by atoms with van der Waals surface area (Å²) < 4.78 is 0.774. The van der Waals surface area contributed by atoms with Crippen molar-refractivity contribution in [1.29, 1.82) is 0 Å². The molecule has 1 rings (SSSR count). The first-order valence-corrected chi connectivity index (χ1v) is 6.09. The third-order valence-corrected chi connectivity index (χ3v) is 2.53. The molecule has 0 aliphatic rings. The van der Waals surface area contributed by atoms with E-state index in [9.17, 15) is 4.79 Å². The van der Waals surface area contributed by atoms with E-state index in [1.54, 1.807) is 12.3 Å². The van der Waals surface area contributed by atoms with Crippen LogP contribution in [0.1, 0.15) is 6.42 Å². The second-order valence-corrected chi connectivity index (χ2v) is 4.55. The minimum Gasteiger partial charge on any atom is -0.323 e. The van der Waals surface area contributed by atoms with Gasteiger partial charge in [0.05, 0.1) is 5.69 Å². The number of nitrogens with one attached hydrogen (secondary N) is 1. The number of hydrogen-bond acceptors (Lipinski definition) is 2. The van der Waals surface area contributed by atoms with Gasteiger partial charge < -0.3 is 5.32 Å². The zero-order chi connectivity index (χ0) is 10.6. The Kier molecular flexibility index (Phi) is 4.84. The van der Waals surface area contributed by atoms with Crippen molar-refractivity contribution >= 4 is 55.1 Å². The number of hydrogen-bond donors (Lipinski definition) is 1. The number of anilines is 1. The van der Waals surface area contributed by atoms with Crippen molar-refractivity contribution in [1.82, 2.24) is 4.98 Å². The Hall–Kier alpha value is -0.130. The Morgan fingerprint density at radius 2 is 2.36 bits per heavy atom. The second kappa shape index (κ2) is 5.68. The van der Waals surface area contributed by atoms with Crippen LogP contribution in [-0.4, -0.2) is 16.2 Å². The van der Waals surface area contributed by atoms with Crippen LogP contribution in [0.5, 0.6) is 0 Å². The molecule has 0 bridgehead atoms. The smallest absolute Gasteiger partial charge is 0.225 e. The molecule has 0 aromatic carbocycles. The van der Waals surface area contributed by atoms with Gasteiger partial charge in [0.15, 0.2) is 5.15 Å². The van der Waals surface area contributed by atoms with Crippen molar-refractivity contribution in [2.45, 2.75) is 6.42 Å². The minimum absolute atomic E-state index is 0.0938. The first-order chi connectivity index (χ1) is 6.63. The fourth-order valence-electron chi connectivity index (χ4n) is 0.809. The average Bonchev–Trinajstić information content (AvgIpc) is 2.12. The van der Waals surface area contributed by atoms with Crippen LogP contribution in [0.3, 0.4) is 0 Å². The van der Waals surface area contributed by atoms with E-state index in [4.69, 9.17) is 11.6 Å². The lowest BCUT2D eigenvalue weighted by Crippen LogP contribution is -2.12. The molecule has 1 heterocycles. The molecule has 0 atom stereocenters. The van der Waals surface area contributed by atoms with E-state index in [1.807, 2.05) is 0 Å². The van der Waals surface area contributed by atoms with E-state index in [0.717, 1.165) is 4.47 Å². The first kappa shape index (κ1) is 11.9. The van der Waals surface area contributed by atoms with Gasteiger partial charge in [-0.25, -0.2) is 4.98 Å². The van der Waals surface area contributed by atoms with Gasteiger partial charge in [-0.2, -0.15) is 0 Å². The number of alkyl halides is 1. The first-order valence-electron chi connectivity index (χ1n) is 3.80. The molecule has 14 heavy (non-hydrogen) atoms. The summed E-state index contributed by atoms with van der Waals surface area (Å²) in [7, 11) is 0. The van der Waals surface area contributed by atoms with Crippen LogP contribution in [0, 0.1) is 0 Å². The highest BCUT2D eigenvalue weighted by Crippen LogP contribution is 2.22. The molecule has 0 radical (unpaired) electrons. The van der Waals surface area contributed by atoms with Gasteiger partial charge in [-0.05, 0) is 22.0 Å². The lowest BCUT2D eigenvalue weighted by Gasteiger charge is -2.05. The number of pyridine rings is 1. The Balaban J connectivity index is 2.75. The van der Waals surface area contributed by atoms with E-state index in [0.29, 0.717) is 17.4 Å². The molecule has 0 aliphatic carbocycles. The van der Waals surface area contributed by atoms with E-state index in [1.165, 1.54) is 0 Å². The highest BCUT2D eigenvalue weighted by Gasteiger charge is 2.06. The molecule has 0 saturated heterocycles. The molecule has 76 valence electrons.